The summed E-state index contributed by atoms with van der Waals surface area (Å²) in [6.45, 7) is 4.42. The molecule has 1 heteroatoms. The van der Waals surface area contributed by atoms with Crippen molar-refractivity contribution in [3.05, 3.63) is 77.5 Å². The first-order valence-electron chi connectivity index (χ1n) is 8.40. The van der Waals surface area contributed by atoms with Crippen LogP contribution in [0.15, 0.2) is 60.7 Å². The fourth-order valence-electron chi connectivity index (χ4n) is 2.93. The van der Waals surface area contributed by atoms with Crippen molar-refractivity contribution in [3.63, 3.8) is 0 Å². The van der Waals surface area contributed by atoms with E-state index in [2.05, 4.69) is 74.5 Å². The highest BCUT2D eigenvalue weighted by atomic mass is 14.7. The van der Waals surface area contributed by atoms with E-state index in [1.807, 2.05) is 6.07 Å². The minimum absolute atomic E-state index is 1.04. The van der Waals surface area contributed by atoms with Crippen molar-refractivity contribution >= 4 is 22.6 Å². The Balaban J connectivity index is 2.03. The third-order valence-electron chi connectivity index (χ3n) is 4.23. The van der Waals surface area contributed by atoms with Gasteiger partial charge in [-0.25, -0.2) is 4.98 Å². The van der Waals surface area contributed by atoms with E-state index in [9.17, 15) is 0 Å². The number of aromatic nitrogens is 1. The molecule has 23 heavy (non-hydrogen) atoms. The fraction of sp³-hybridized carbons (Fsp3) is 0.227. The van der Waals surface area contributed by atoms with Gasteiger partial charge in [0.2, 0.25) is 0 Å². The van der Waals surface area contributed by atoms with Gasteiger partial charge in [-0.1, -0.05) is 61.9 Å². The summed E-state index contributed by atoms with van der Waals surface area (Å²) in [5.41, 5.74) is 6.15. The van der Waals surface area contributed by atoms with Crippen LogP contribution in [-0.4, -0.2) is 4.98 Å². The Morgan fingerprint density at radius 3 is 2.57 bits per heavy atom. The van der Waals surface area contributed by atoms with Crippen LogP contribution in [0.1, 0.15) is 43.0 Å². The molecular weight excluding hydrogens is 278 g/mol. The summed E-state index contributed by atoms with van der Waals surface area (Å²) in [7, 11) is 0. The Morgan fingerprint density at radius 1 is 0.957 bits per heavy atom. The second-order valence-corrected chi connectivity index (χ2v) is 6.02. The summed E-state index contributed by atoms with van der Waals surface area (Å²) in [5, 5.41) is 1.19. The van der Waals surface area contributed by atoms with Crippen molar-refractivity contribution in [3.8, 4) is 0 Å². The van der Waals surface area contributed by atoms with Gasteiger partial charge in [0, 0.05) is 5.39 Å². The van der Waals surface area contributed by atoms with Gasteiger partial charge in [0.1, 0.15) is 0 Å². The molecule has 0 N–H and O–H groups in total. The molecule has 0 aliphatic carbocycles. The Labute approximate surface area is 138 Å². The van der Waals surface area contributed by atoms with E-state index in [4.69, 9.17) is 4.98 Å². The number of fused-ring (bicyclic) bond motifs is 1. The Bertz CT molecular complexity index is 830. The highest BCUT2D eigenvalue weighted by Crippen LogP contribution is 2.26. The summed E-state index contributed by atoms with van der Waals surface area (Å²) in [5.74, 6) is 0. The molecule has 1 heterocycles. The van der Waals surface area contributed by atoms with Crippen LogP contribution in [0.2, 0.25) is 0 Å². The summed E-state index contributed by atoms with van der Waals surface area (Å²) in [6, 6.07) is 21.2. The van der Waals surface area contributed by atoms with E-state index in [1.54, 1.807) is 0 Å². The maximum absolute atomic E-state index is 4.80. The van der Waals surface area contributed by atoms with Gasteiger partial charge in [-0.15, -0.1) is 0 Å². The third-order valence-corrected chi connectivity index (χ3v) is 4.23. The van der Waals surface area contributed by atoms with E-state index in [0.717, 1.165) is 17.6 Å². The summed E-state index contributed by atoms with van der Waals surface area (Å²) in [6.07, 6.45) is 5.75. The zero-order chi connectivity index (χ0) is 16.1. The van der Waals surface area contributed by atoms with Crippen molar-refractivity contribution in [2.24, 2.45) is 0 Å². The number of rotatable bonds is 5. The molecule has 116 valence electrons. The summed E-state index contributed by atoms with van der Waals surface area (Å²) >= 11 is 0. The lowest BCUT2D eigenvalue weighted by atomic mass is 9.95. The molecule has 0 saturated heterocycles. The van der Waals surface area contributed by atoms with E-state index >= 15 is 0 Å². The largest absolute Gasteiger partial charge is 0.248 e. The number of unbranched alkanes of at least 4 members (excludes halogenated alkanes) is 1. The van der Waals surface area contributed by atoms with Gasteiger partial charge in [-0.05, 0) is 54.7 Å². The lowest BCUT2D eigenvalue weighted by Crippen LogP contribution is -1.91. The molecule has 2 aromatic carbocycles. The van der Waals surface area contributed by atoms with E-state index < -0.39 is 0 Å². The first kappa shape index (κ1) is 15.5. The second-order valence-electron chi connectivity index (χ2n) is 6.02. The molecule has 1 nitrogen and oxygen atoms in total. The standard InChI is InChI=1S/C22H23N/c1-3-4-10-19(21-12-7-5-9-17(21)2)16-20-15-14-18-11-6-8-13-22(18)23-20/h5-9,11-16H,3-4,10H2,1-2H3/b19-16+. The highest BCUT2D eigenvalue weighted by Gasteiger charge is 2.06. The molecule has 0 saturated carbocycles. The number of para-hydroxylation sites is 1. The SMILES string of the molecule is CCCC/C(=C\c1ccc2ccccc2n1)c1ccccc1C. The van der Waals surface area contributed by atoms with Gasteiger partial charge >= 0.3 is 0 Å². The van der Waals surface area contributed by atoms with Crippen LogP contribution >= 0.6 is 0 Å². The molecule has 3 rings (SSSR count). The zero-order valence-electron chi connectivity index (χ0n) is 13.9. The smallest absolute Gasteiger partial charge is 0.0709 e. The number of pyridine rings is 1. The first-order chi connectivity index (χ1) is 11.3. The molecular formula is C22H23N. The van der Waals surface area contributed by atoms with Crippen LogP contribution in [0.5, 0.6) is 0 Å². The number of hydrogen-bond acceptors (Lipinski definition) is 1. The topological polar surface area (TPSA) is 12.9 Å². The molecule has 0 aliphatic rings. The maximum Gasteiger partial charge on any atom is 0.0709 e. The predicted molar refractivity (Wildman–Crippen MR) is 100 cm³/mol. The van der Waals surface area contributed by atoms with Crippen LogP contribution < -0.4 is 0 Å². The van der Waals surface area contributed by atoms with Crippen molar-refractivity contribution in [1.29, 1.82) is 0 Å². The minimum Gasteiger partial charge on any atom is -0.248 e. The van der Waals surface area contributed by atoms with Crippen LogP contribution in [0, 0.1) is 6.92 Å². The third kappa shape index (κ3) is 3.68. The molecule has 0 atom stereocenters. The summed E-state index contributed by atoms with van der Waals surface area (Å²) < 4.78 is 0. The van der Waals surface area contributed by atoms with Crippen molar-refractivity contribution in [2.45, 2.75) is 33.1 Å². The molecule has 0 bridgehead atoms. The number of aryl methyl sites for hydroxylation is 1. The molecule has 1 aromatic heterocycles. The monoisotopic (exact) mass is 301 g/mol. The average Bonchev–Trinajstić information content (AvgIpc) is 2.59. The minimum atomic E-state index is 1.04. The van der Waals surface area contributed by atoms with Crippen molar-refractivity contribution in [1.82, 2.24) is 4.98 Å². The highest BCUT2D eigenvalue weighted by molar-refractivity contribution is 5.85. The molecule has 0 radical (unpaired) electrons. The zero-order valence-corrected chi connectivity index (χ0v) is 13.9. The van der Waals surface area contributed by atoms with E-state index in [-0.39, 0.29) is 0 Å². The lowest BCUT2D eigenvalue weighted by molar-refractivity contribution is 0.825. The van der Waals surface area contributed by atoms with E-state index in [0.29, 0.717) is 0 Å². The maximum atomic E-state index is 4.80. The Hall–Kier alpha value is -2.41. The first-order valence-corrected chi connectivity index (χ1v) is 8.40. The molecule has 0 fully saturated rings. The quantitative estimate of drug-likeness (QED) is 0.541. The van der Waals surface area contributed by atoms with Crippen LogP contribution in [0.3, 0.4) is 0 Å². The fourth-order valence-corrected chi connectivity index (χ4v) is 2.93. The lowest BCUT2D eigenvalue weighted by Gasteiger charge is -2.11. The van der Waals surface area contributed by atoms with Gasteiger partial charge in [-0.3, -0.25) is 0 Å². The molecule has 0 unspecified atom stereocenters. The predicted octanol–water partition coefficient (Wildman–Crippen LogP) is 6.27. The number of hydrogen-bond donors (Lipinski definition) is 0. The van der Waals surface area contributed by atoms with Crippen molar-refractivity contribution < 1.29 is 0 Å². The van der Waals surface area contributed by atoms with Crippen LogP contribution in [-0.2, 0) is 0 Å². The normalized spacial score (nSPS) is 11.8. The van der Waals surface area contributed by atoms with Gasteiger partial charge in [0.25, 0.3) is 0 Å². The number of benzene rings is 2. The Morgan fingerprint density at radius 2 is 1.74 bits per heavy atom. The van der Waals surface area contributed by atoms with Crippen LogP contribution in [0.4, 0.5) is 0 Å². The number of nitrogens with zero attached hydrogens (tertiary/aromatic N) is 1. The molecule has 3 aromatic rings. The molecule has 0 amide bonds. The van der Waals surface area contributed by atoms with Gasteiger partial charge in [0.05, 0.1) is 11.2 Å². The summed E-state index contributed by atoms with van der Waals surface area (Å²) in [4.78, 5) is 4.80. The van der Waals surface area contributed by atoms with Gasteiger partial charge < -0.3 is 0 Å². The van der Waals surface area contributed by atoms with E-state index in [1.165, 1.54) is 34.9 Å². The molecule has 0 spiro atoms. The van der Waals surface area contributed by atoms with Crippen LogP contribution in [0.25, 0.3) is 22.6 Å². The average molecular weight is 301 g/mol. The second kappa shape index (κ2) is 7.23. The molecule has 0 aliphatic heterocycles. The van der Waals surface area contributed by atoms with Gasteiger partial charge in [0.15, 0.2) is 0 Å². The number of allylic oxidation sites excluding steroid dienone is 1. The Kier molecular flexibility index (Phi) is 4.87. The van der Waals surface area contributed by atoms with Gasteiger partial charge in [-0.2, -0.15) is 0 Å². The van der Waals surface area contributed by atoms with Crippen molar-refractivity contribution in [2.75, 3.05) is 0 Å².